The maximum absolute atomic E-state index is 12.4. The third-order valence-electron chi connectivity index (χ3n) is 3.49. The summed E-state index contributed by atoms with van der Waals surface area (Å²) in [6.45, 7) is 4.92. The maximum Gasteiger partial charge on any atom is 0.259 e. The zero-order valence-corrected chi connectivity index (χ0v) is 14.5. The number of allylic oxidation sites excluding steroid dienone is 1. The second kappa shape index (κ2) is 9.27. The quantitative estimate of drug-likeness (QED) is 0.762. The van der Waals surface area contributed by atoms with Crippen LogP contribution in [0.5, 0.6) is 5.75 Å². The molecule has 5 heteroatoms. The number of nitrogens with two attached hydrogens (primary N) is 1. The van der Waals surface area contributed by atoms with Crippen molar-refractivity contribution in [1.82, 2.24) is 5.32 Å². The van der Waals surface area contributed by atoms with Crippen LogP contribution in [0.15, 0.2) is 65.4 Å². The molecule has 0 saturated heterocycles. The van der Waals surface area contributed by atoms with Crippen molar-refractivity contribution in [2.24, 2.45) is 10.7 Å². The van der Waals surface area contributed by atoms with Crippen LogP contribution in [0.1, 0.15) is 28.4 Å². The summed E-state index contributed by atoms with van der Waals surface area (Å²) < 4.78 is 5.48. The van der Waals surface area contributed by atoms with E-state index in [-0.39, 0.29) is 5.91 Å². The van der Waals surface area contributed by atoms with Gasteiger partial charge in [0.1, 0.15) is 5.75 Å². The van der Waals surface area contributed by atoms with Gasteiger partial charge in [0.05, 0.1) is 24.4 Å². The van der Waals surface area contributed by atoms with Crippen LogP contribution in [0, 0.1) is 6.92 Å². The summed E-state index contributed by atoms with van der Waals surface area (Å²) in [5, 5.41) is 2.75. The van der Waals surface area contributed by atoms with Gasteiger partial charge in [0.25, 0.3) is 5.91 Å². The zero-order valence-electron chi connectivity index (χ0n) is 14.5. The number of aliphatic imine (C=N–C) groups is 1. The molecule has 25 heavy (non-hydrogen) atoms. The van der Waals surface area contributed by atoms with E-state index in [1.165, 1.54) is 11.8 Å². The third kappa shape index (κ3) is 5.49. The molecule has 3 N–H and O–H groups in total. The van der Waals surface area contributed by atoms with Crippen LogP contribution in [0.25, 0.3) is 0 Å². The summed E-state index contributed by atoms with van der Waals surface area (Å²) in [5.41, 5.74) is 8.78. The minimum absolute atomic E-state index is 0.289. The lowest BCUT2D eigenvalue weighted by Crippen LogP contribution is -2.25. The fraction of sp³-hybridized carbons (Fsp3) is 0.200. The summed E-state index contributed by atoms with van der Waals surface area (Å²) in [6, 6.07) is 15.2. The molecule has 2 aromatic rings. The van der Waals surface area contributed by atoms with Gasteiger partial charge in [-0.25, -0.2) is 0 Å². The average molecular weight is 337 g/mol. The number of rotatable bonds is 7. The third-order valence-corrected chi connectivity index (χ3v) is 3.49. The summed E-state index contributed by atoms with van der Waals surface area (Å²) in [4.78, 5) is 16.8. The van der Waals surface area contributed by atoms with Gasteiger partial charge in [-0.2, -0.15) is 0 Å². The first-order valence-electron chi connectivity index (χ1n) is 8.14. The first kappa shape index (κ1) is 18.3. The zero-order chi connectivity index (χ0) is 18.1. The van der Waals surface area contributed by atoms with Crippen LogP contribution >= 0.6 is 0 Å². The number of nitrogens with zero attached hydrogens (tertiary/aromatic N) is 1. The normalized spacial score (nSPS) is 11.5. The first-order chi connectivity index (χ1) is 12.1. The predicted octanol–water partition coefficient (Wildman–Crippen LogP) is 3.19. The maximum atomic E-state index is 12.4. The van der Waals surface area contributed by atoms with Gasteiger partial charge in [0.15, 0.2) is 0 Å². The lowest BCUT2D eigenvalue weighted by molar-refractivity contribution is 0.0964. The molecular weight excluding hydrogens is 314 g/mol. The van der Waals surface area contributed by atoms with E-state index in [9.17, 15) is 4.79 Å². The standard InChI is InChI=1S/C20H23N3O2/c1-3-25-19-7-5-4-6-18(19)20(24)23-17(12-21)14-22-13-16-10-8-15(2)9-11-16/h4-12,14H,3,13,21H2,1-2H3,(H,23,24)/b17-12+,22-14?. The topological polar surface area (TPSA) is 76.7 Å². The summed E-state index contributed by atoms with van der Waals surface area (Å²) in [7, 11) is 0. The van der Waals surface area contributed by atoms with Gasteiger partial charge < -0.3 is 15.8 Å². The van der Waals surface area contributed by atoms with Crippen molar-refractivity contribution >= 4 is 12.1 Å². The van der Waals surface area contributed by atoms with Gasteiger partial charge >= 0.3 is 0 Å². The Morgan fingerprint density at radius 2 is 1.92 bits per heavy atom. The van der Waals surface area contributed by atoms with Crippen molar-refractivity contribution in [3.05, 3.63) is 77.1 Å². The molecule has 0 aliphatic carbocycles. The van der Waals surface area contributed by atoms with Gasteiger partial charge in [-0.05, 0) is 31.5 Å². The molecule has 0 radical (unpaired) electrons. The van der Waals surface area contributed by atoms with Crippen molar-refractivity contribution in [2.75, 3.05) is 6.61 Å². The highest BCUT2D eigenvalue weighted by molar-refractivity contribution is 6.00. The molecule has 0 fully saturated rings. The Hall–Kier alpha value is -3.08. The van der Waals surface area contributed by atoms with Crippen molar-refractivity contribution < 1.29 is 9.53 Å². The molecule has 2 rings (SSSR count). The molecule has 0 bridgehead atoms. The van der Waals surface area contributed by atoms with Crippen LogP contribution in [0.4, 0.5) is 0 Å². The van der Waals surface area contributed by atoms with Crippen molar-refractivity contribution in [3.8, 4) is 5.75 Å². The van der Waals surface area contributed by atoms with Gasteiger partial charge in [0.2, 0.25) is 0 Å². The van der Waals surface area contributed by atoms with Crippen molar-refractivity contribution in [1.29, 1.82) is 0 Å². The van der Waals surface area contributed by atoms with E-state index in [1.807, 2.05) is 44.2 Å². The highest BCUT2D eigenvalue weighted by Gasteiger charge is 2.12. The number of ether oxygens (including phenoxy) is 1. The molecule has 0 aromatic heterocycles. The second-order valence-electron chi connectivity index (χ2n) is 5.46. The fourth-order valence-corrected chi connectivity index (χ4v) is 2.19. The minimum Gasteiger partial charge on any atom is -0.493 e. The van der Waals surface area contributed by atoms with E-state index in [0.717, 1.165) is 5.56 Å². The molecule has 2 aromatic carbocycles. The van der Waals surface area contributed by atoms with E-state index in [1.54, 1.807) is 24.4 Å². The number of carbonyl (C=O) groups excluding carboxylic acids is 1. The molecule has 0 saturated carbocycles. The Kier molecular flexibility index (Phi) is 6.77. The first-order valence-corrected chi connectivity index (χ1v) is 8.14. The number of hydrogen-bond donors (Lipinski definition) is 2. The smallest absolute Gasteiger partial charge is 0.259 e. The molecule has 1 amide bonds. The summed E-state index contributed by atoms with van der Waals surface area (Å²) in [5.74, 6) is 0.248. The van der Waals surface area contributed by atoms with Gasteiger partial charge in [-0.3, -0.25) is 9.79 Å². The Balaban J connectivity index is 2.00. The molecular formula is C20H23N3O2. The number of aryl methyl sites for hydroxylation is 1. The van der Waals surface area contributed by atoms with Crippen LogP contribution in [0.2, 0.25) is 0 Å². The Morgan fingerprint density at radius 3 is 2.60 bits per heavy atom. The van der Waals surface area contributed by atoms with E-state index in [2.05, 4.69) is 10.3 Å². The number of nitrogens with one attached hydrogen (secondary N) is 1. The summed E-state index contributed by atoms with van der Waals surface area (Å²) in [6.07, 6.45) is 2.88. The lowest BCUT2D eigenvalue weighted by Gasteiger charge is -2.10. The molecule has 0 atom stereocenters. The van der Waals surface area contributed by atoms with Gasteiger partial charge in [-0.1, -0.05) is 42.0 Å². The molecule has 0 aliphatic heterocycles. The molecule has 130 valence electrons. The predicted molar refractivity (Wildman–Crippen MR) is 101 cm³/mol. The van der Waals surface area contributed by atoms with E-state index >= 15 is 0 Å². The van der Waals surface area contributed by atoms with Crippen LogP contribution in [0.3, 0.4) is 0 Å². The van der Waals surface area contributed by atoms with E-state index < -0.39 is 0 Å². The molecule has 0 aliphatic rings. The van der Waals surface area contributed by atoms with E-state index in [4.69, 9.17) is 10.5 Å². The largest absolute Gasteiger partial charge is 0.493 e. The number of benzene rings is 2. The monoisotopic (exact) mass is 337 g/mol. The molecule has 0 unspecified atom stereocenters. The minimum atomic E-state index is -0.289. The number of amides is 1. The molecule has 0 heterocycles. The van der Waals surface area contributed by atoms with Crippen molar-refractivity contribution in [3.63, 3.8) is 0 Å². The van der Waals surface area contributed by atoms with E-state index in [0.29, 0.717) is 30.2 Å². The second-order valence-corrected chi connectivity index (χ2v) is 5.46. The highest BCUT2D eigenvalue weighted by Crippen LogP contribution is 2.17. The number of para-hydroxylation sites is 1. The van der Waals surface area contributed by atoms with Gasteiger partial charge in [-0.15, -0.1) is 0 Å². The number of carbonyl (C=O) groups is 1. The summed E-state index contributed by atoms with van der Waals surface area (Å²) >= 11 is 0. The van der Waals surface area contributed by atoms with Crippen molar-refractivity contribution in [2.45, 2.75) is 20.4 Å². The Labute approximate surface area is 148 Å². The fourth-order valence-electron chi connectivity index (χ4n) is 2.19. The average Bonchev–Trinajstić information content (AvgIpc) is 2.63. The Morgan fingerprint density at radius 1 is 1.20 bits per heavy atom. The molecule has 5 nitrogen and oxygen atoms in total. The highest BCUT2D eigenvalue weighted by atomic mass is 16.5. The van der Waals surface area contributed by atoms with Gasteiger partial charge in [0, 0.05) is 12.4 Å². The Bertz CT molecular complexity index is 765. The van der Waals surface area contributed by atoms with Crippen LogP contribution < -0.4 is 15.8 Å². The lowest BCUT2D eigenvalue weighted by atomic mass is 10.1. The number of hydrogen-bond acceptors (Lipinski definition) is 4. The van der Waals surface area contributed by atoms with Crippen LogP contribution in [-0.2, 0) is 6.54 Å². The molecule has 0 spiro atoms. The SMILES string of the molecule is CCOc1ccccc1C(=O)N/C(C=NCc1ccc(C)cc1)=C/N. The van der Waals surface area contributed by atoms with Crippen LogP contribution in [-0.4, -0.2) is 18.7 Å².